The number of rotatable bonds is 4. The Morgan fingerprint density at radius 1 is 1.50 bits per heavy atom. The van der Waals surface area contributed by atoms with Crippen LogP contribution >= 0.6 is 0 Å². The van der Waals surface area contributed by atoms with E-state index in [1.807, 2.05) is 0 Å². The summed E-state index contributed by atoms with van der Waals surface area (Å²) in [6, 6.07) is 0. The second-order valence-corrected chi connectivity index (χ2v) is 6.91. The SMILES string of the molecule is CCC[O][Sn][CH](C)C. The quantitative estimate of drug-likeness (QED) is 0.519. The molecule has 0 N–H and O–H groups in total. The monoisotopic (exact) mass is 222 g/mol. The van der Waals surface area contributed by atoms with Gasteiger partial charge in [0.1, 0.15) is 0 Å². The van der Waals surface area contributed by atoms with Crippen LogP contribution in [0, 0.1) is 0 Å². The Kier molecular flexibility index (Phi) is 6.45. The van der Waals surface area contributed by atoms with Crippen molar-refractivity contribution < 1.29 is 3.07 Å². The van der Waals surface area contributed by atoms with Gasteiger partial charge in [0.2, 0.25) is 0 Å². The fourth-order valence-electron chi connectivity index (χ4n) is 0.328. The van der Waals surface area contributed by atoms with E-state index < -0.39 is 21.6 Å². The second-order valence-electron chi connectivity index (χ2n) is 2.12. The van der Waals surface area contributed by atoms with E-state index in [0.29, 0.717) is 0 Å². The molecule has 2 radical (unpaired) electrons. The summed E-state index contributed by atoms with van der Waals surface area (Å²) in [5, 5.41) is 0. The van der Waals surface area contributed by atoms with Crippen LogP contribution in [0.1, 0.15) is 27.2 Å². The molecule has 0 unspecified atom stereocenters. The summed E-state index contributed by atoms with van der Waals surface area (Å²) in [6.07, 6.45) is 1.17. The summed E-state index contributed by atoms with van der Waals surface area (Å²) in [5.74, 6) is 0. The van der Waals surface area contributed by atoms with Gasteiger partial charge in [-0.2, -0.15) is 0 Å². The van der Waals surface area contributed by atoms with Crippen molar-refractivity contribution in [1.29, 1.82) is 0 Å². The van der Waals surface area contributed by atoms with Crippen LogP contribution in [0.3, 0.4) is 0 Å². The molecule has 8 heavy (non-hydrogen) atoms. The average molecular weight is 221 g/mol. The minimum absolute atomic E-state index is 0.406. The van der Waals surface area contributed by atoms with Gasteiger partial charge < -0.3 is 0 Å². The molecule has 0 spiro atoms. The third-order valence-electron chi connectivity index (χ3n) is 0.625. The fraction of sp³-hybridized carbons (Fsp3) is 1.00. The summed E-state index contributed by atoms with van der Waals surface area (Å²) >= 11 is -0.406. The Labute approximate surface area is 62.6 Å². The molecule has 0 aromatic carbocycles. The first-order chi connectivity index (χ1) is 3.77. The fourth-order valence-corrected chi connectivity index (χ4v) is 2.20. The summed E-state index contributed by atoms with van der Waals surface area (Å²) in [5.41, 5.74) is 0. The molecule has 1 nitrogen and oxygen atoms in total. The second kappa shape index (κ2) is 5.89. The molecule has 0 atom stereocenters. The Morgan fingerprint density at radius 3 is 2.50 bits per heavy atom. The van der Waals surface area contributed by atoms with Gasteiger partial charge in [-0.3, -0.25) is 0 Å². The molecule has 0 aromatic rings. The van der Waals surface area contributed by atoms with Gasteiger partial charge in [-0.25, -0.2) is 0 Å². The Bertz CT molecular complexity index is 45.8. The maximum absolute atomic E-state index is 5.41. The summed E-state index contributed by atoms with van der Waals surface area (Å²) in [4.78, 5) is 0. The molecule has 0 aliphatic rings. The van der Waals surface area contributed by atoms with Crippen molar-refractivity contribution in [3.05, 3.63) is 0 Å². The molecular formula is C6H14OSn. The zero-order valence-corrected chi connectivity index (χ0v) is 8.75. The average Bonchev–Trinajstić information content (AvgIpc) is 1.66. The predicted octanol–water partition coefficient (Wildman–Crippen LogP) is 1.86. The molecule has 0 aliphatic carbocycles. The van der Waals surface area contributed by atoms with E-state index >= 15 is 0 Å². The van der Waals surface area contributed by atoms with Gasteiger partial charge in [0.15, 0.2) is 0 Å². The first kappa shape index (κ1) is 8.76. The van der Waals surface area contributed by atoms with Gasteiger partial charge in [0, 0.05) is 0 Å². The Hall–Kier alpha value is 0.759. The third kappa shape index (κ3) is 6.76. The first-order valence-corrected chi connectivity index (χ1v) is 5.96. The van der Waals surface area contributed by atoms with Crippen LogP contribution in [0.25, 0.3) is 0 Å². The van der Waals surface area contributed by atoms with E-state index in [4.69, 9.17) is 3.07 Å². The van der Waals surface area contributed by atoms with Crippen molar-refractivity contribution in [3.63, 3.8) is 0 Å². The Morgan fingerprint density at radius 2 is 2.12 bits per heavy atom. The molecule has 0 bridgehead atoms. The molecule has 2 heteroatoms. The van der Waals surface area contributed by atoms with Crippen LogP contribution in [-0.2, 0) is 3.07 Å². The van der Waals surface area contributed by atoms with Crippen LogP contribution in [-0.4, -0.2) is 28.2 Å². The van der Waals surface area contributed by atoms with Crippen molar-refractivity contribution >= 4 is 21.6 Å². The number of hydrogen-bond donors (Lipinski definition) is 0. The van der Waals surface area contributed by atoms with Crippen molar-refractivity contribution in [3.8, 4) is 0 Å². The molecule has 0 saturated carbocycles. The van der Waals surface area contributed by atoms with E-state index in [9.17, 15) is 0 Å². The van der Waals surface area contributed by atoms with Gasteiger partial charge in [-0.1, -0.05) is 0 Å². The van der Waals surface area contributed by atoms with E-state index in [2.05, 4.69) is 20.8 Å². The molecule has 0 heterocycles. The van der Waals surface area contributed by atoms with Crippen molar-refractivity contribution in [1.82, 2.24) is 0 Å². The standard InChI is InChI=1S/C3H7O.C3H7.Sn/c1-2-3-4;1-3-2;/h2-3H2,1H3;3H,1-2H3;/q-1;;+1. The van der Waals surface area contributed by atoms with Gasteiger partial charge in [-0.05, 0) is 0 Å². The molecule has 0 saturated heterocycles. The van der Waals surface area contributed by atoms with Crippen molar-refractivity contribution in [2.45, 2.75) is 31.1 Å². The normalized spacial score (nSPS) is 10.5. The van der Waals surface area contributed by atoms with Crippen LogP contribution in [0.4, 0.5) is 0 Å². The van der Waals surface area contributed by atoms with Crippen LogP contribution in [0.15, 0.2) is 0 Å². The van der Waals surface area contributed by atoms with E-state index in [0.717, 1.165) is 10.5 Å². The van der Waals surface area contributed by atoms with Gasteiger partial charge in [0.05, 0.1) is 0 Å². The van der Waals surface area contributed by atoms with Gasteiger partial charge in [0.25, 0.3) is 0 Å². The van der Waals surface area contributed by atoms with Crippen molar-refractivity contribution in [2.75, 3.05) is 6.61 Å². The third-order valence-corrected chi connectivity index (χ3v) is 3.03. The van der Waals surface area contributed by atoms with Gasteiger partial charge in [-0.15, -0.1) is 0 Å². The molecule has 48 valence electrons. The molecule has 0 fully saturated rings. The van der Waals surface area contributed by atoms with Crippen LogP contribution in [0.2, 0.25) is 3.93 Å². The topological polar surface area (TPSA) is 9.23 Å². The zero-order valence-electron chi connectivity index (χ0n) is 5.90. The molecule has 0 aromatic heterocycles. The minimum atomic E-state index is -0.406. The first-order valence-electron chi connectivity index (χ1n) is 3.14. The van der Waals surface area contributed by atoms with Gasteiger partial charge >= 0.3 is 62.4 Å². The van der Waals surface area contributed by atoms with Crippen molar-refractivity contribution in [2.24, 2.45) is 0 Å². The zero-order chi connectivity index (χ0) is 6.41. The molecular weight excluding hydrogens is 207 g/mol. The maximum atomic E-state index is 5.41. The summed E-state index contributed by atoms with van der Waals surface area (Å²) < 4.78 is 6.27. The summed E-state index contributed by atoms with van der Waals surface area (Å²) in [6.45, 7) is 7.62. The molecule has 0 rings (SSSR count). The van der Waals surface area contributed by atoms with E-state index in [1.165, 1.54) is 6.42 Å². The van der Waals surface area contributed by atoms with E-state index in [1.54, 1.807) is 0 Å². The summed E-state index contributed by atoms with van der Waals surface area (Å²) in [7, 11) is 0. The van der Waals surface area contributed by atoms with E-state index in [-0.39, 0.29) is 0 Å². The molecule has 0 aliphatic heterocycles. The predicted molar refractivity (Wildman–Crippen MR) is 37.1 cm³/mol. The number of hydrogen-bond acceptors (Lipinski definition) is 1. The Balaban J connectivity index is 2.72. The van der Waals surface area contributed by atoms with Crippen LogP contribution < -0.4 is 0 Å². The van der Waals surface area contributed by atoms with Crippen LogP contribution in [0.5, 0.6) is 0 Å². The molecule has 0 amide bonds.